The largest absolute Gasteiger partial charge is 0.299 e. The molecule has 17 heavy (non-hydrogen) atoms. The molecule has 1 rings (SSSR count). The zero-order valence-electron chi connectivity index (χ0n) is 10.8. The number of halogens is 1. The van der Waals surface area contributed by atoms with E-state index in [4.69, 9.17) is 4.18 Å². The van der Waals surface area contributed by atoms with Crippen molar-refractivity contribution in [2.45, 2.75) is 45.0 Å². The molecule has 1 fully saturated rings. The highest BCUT2D eigenvalue weighted by Crippen LogP contribution is 2.47. The summed E-state index contributed by atoms with van der Waals surface area (Å²) in [5, 5.41) is 0. The van der Waals surface area contributed by atoms with Gasteiger partial charge in [0.25, 0.3) is 10.1 Å². The summed E-state index contributed by atoms with van der Waals surface area (Å²) in [5.74, 6) is 0.123. The van der Waals surface area contributed by atoms with Crippen molar-refractivity contribution < 1.29 is 17.4 Å². The van der Waals surface area contributed by atoms with Crippen LogP contribution in [-0.2, 0) is 19.1 Å². The Bertz CT molecular complexity index is 425. The van der Waals surface area contributed by atoms with Crippen LogP contribution >= 0.6 is 15.9 Å². The maximum Gasteiger partial charge on any atom is 0.264 e. The van der Waals surface area contributed by atoms with E-state index in [2.05, 4.69) is 15.9 Å². The van der Waals surface area contributed by atoms with Gasteiger partial charge in [-0.05, 0) is 0 Å². The predicted molar refractivity (Wildman–Crippen MR) is 69.6 cm³/mol. The van der Waals surface area contributed by atoms with E-state index >= 15 is 0 Å². The molecule has 0 radical (unpaired) electrons. The molecule has 0 aromatic carbocycles. The van der Waals surface area contributed by atoms with Crippen LogP contribution in [0.3, 0.4) is 0 Å². The minimum atomic E-state index is -3.54. The summed E-state index contributed by atoms with van der Waals surface area (Å²) in [7, 11) is -3.54. The van der Waals surface area contributed by atoms with E-state index < -0.39 is 27.1 Å². The Morgan fingerprint density at radius 2 is 1.76 bits per heavy atom. The molecule has 4 nitrogen and oxygen atoms in total. The van der Waals surface area contributed by atoms with Crippen molar-refractivity contribution in [2.24, 2.45) is 10.8 Å². The Morgan fingerprint density at radius 1 is 1.29 bits per heavy atom. The second kappa shape index (κ2) is 4.31. The fourth-order valence-electron chi connectivity index (χ4n) is 2.04. The highest BCUT2D eigenvalue weighted by atomic mass is 79.9. The first-order chi connectivity index (χ1) is 7.38. The van der Waals surface area contributed by atoms with Gasteiger partial charge < -0.3 is 0 Å². The summed E-state index contributed by atoms with van der Waals surface area (Å²) < 4.78 is 27.8. The van der Waals surface area contributed by atoms with Gasteiger partial charge in [-0.1, -0.05) is 43.6 Å². The Kier molecular flexibility index (Phi) is 3.84. The van der Waals surface area contributed by atoms with Crippen molar-refractivity contribution in [3.63, 3.8) is 0 Å². The van der Waals surface area contributed by atoms with Crippen molar-refractivity contribution in [3.8, 4) is 0 Å². The van der Waals surface area contributed by atoms with Crippen molar-refractivity contribution in [2.75, 3.05) is 6.26 Å². The van der Waals surface area contributed by atoms with Gasteiger partial charge in [0.2, 0.25) is 0 Å². The van der Waals surface area contributed by atoms with Crippen LogP contribution in [0.25, 0.3) is 0 Å². The lowest BCUT2D eigenvalue weighted by molar-refractivity contribution is -0.137. The van der Waals surface area contributed by atoms with Gasteiger partial charge in [0.1, 0.15) is 5.78 Å². The van der Waals surface area contributed by atoms with Gasteiger partial charge in [-0.2, -0.15) is 8.42 Å². The Labute approximate surface area is 111 Å². The van der Waals surface area contributed by atoms with E-state index in [0.29, 0.717) is 6.42 Å². The lowest BCUT2D eigenvalue weighted by atomic mass is 9.64. The molecule has 1 saturated carbocycles. The van der Waals surface area contributed by atoms with Gasteiger partial charge >= 0.3 is 0 Å². The zero-order valence-corrected chi connectivity index (χ0v) is 13.2. The van der Waals surface area contributed by atoms with E-state index in [1.807, 2.05) is 27.7 Å². The quantitative estimate of drug-likeness (QED) is 0.576. The number of carbonyl (C=O) groups excluding carboxylic acids is 1. The highest BCUT2D eigenvalue weighted by molar-refractivity contribution is 9.09. The zero-order chi connectivity index (χ0) is 13.6. The molecule has 0 heterocycles. The number of ketones is 1. The van der Waals surface area contributed by atoms with E-state index in [0.717, 1.165) is 6.26 Å². The normalized spacial score (nSPS) is 32.5. The van der Waals surface area contributed by atoms with Crippen LogP contribution in [0.15, 0.2) is 0 Å². The molecule has 1 aliphatic rings. The first-order valence-corrected chi connectivity index (χ1v) is 8.17. The first kappa shape index (κ1) is 15.1. The van der Waals surface area contributed by atoms with Crippen molar-refractivity contribution >= 4 is 31.8 Å². The van der Waals surface area contributed by atoms with Crippen LogP contribution < -0.4 is 0 Å². The minimum absolute atomic E-state index is 0.123. The molecule has 6 heteroatoms. The lowest BCUT2D eigenvalue weighted by Gasteiger charge is -2.47. The number of alkyl halides is 1. The average Bonchev–Trinajstić information content (AvgIpc) is 2.08. The van der Waals surface area contributed by atoms with Crippen LogP contribution in [0.4, 0.5) is 0 Å². The van der Waals surface area contributed by atoms with Gasteiger partial charge in [-0.25, -0.2) is 0 Å². The third-order valence-corrected chi connectivity index (χ3v) is 5.52. The van der Waals surface area contributed by atoms with E-state index in [-0.39, 0.29) is 10.6 Å². The molecular weight excluding hydrogens is 308 g/mol. The fraction of sp³-hybridized carbons (Fsp3) is 0.909. The number of hydrogen-bond acceptors (Lipinski definition) is 4. The molecule has 0 amide bonds. The summed E-state index contributed by atoms with van der Waals surface area (Å²) in [4.78, 5) is 11.7. The molecule has 2 atom stereocenters. The smallest absolute Gasteiger partial charge is 0.264 e. The molecule has 0 aromatic heterocycles. The van der Waals surface area contributed by atoms with Gasteiger partial charge in [-0.3, -0.25) is 8.98 Å². The summed E-state index contributed by atoms with van der Waals surface area (Å²) >= 11 is 3.43. The van der Waals surface area contributed by atoms with Crippen LogP contribution in [0.1, 0.15) is 34.1 Å². The van der Waals surface area contributed by atoms with Gasteiger partial charge in [0, 0.05) is 17.3 Å². The van der Waals surface area contributed by atoms with Gasteiger partial charge in [0.15, 0.2) is 0 Å². The highest BCUT2D eigenvalue weighted by Gasteiger charge is 2.53. The molecule has 100 valence electrons. The van der Waals surface area contributed by atoms with Gasteiger partial charge in [0.05, 0.1) is 17.2 Å². The lowest BCUT2D eigenvalue weighted by Crippen LogP contribution is -2.55. The summed E-state index contributed by atoms with van der Waals surface area (Å²) in [6, 6.07) is 0. The maximum absolute atomic E-state index is 12.0. The monoisotopic (exact) mass is 326 g/mol. The van der Waals surface area contributed by atoms with Crippen molar-refractivity contribution in [1.29, 1.82) is 0 Å². The number of carbonyl (C=O) groups is 1. The summed E-state index contributed by atoms with van der Waals surface area (Å²) in [6.45, 7) is 7.32. The second-order valence-corrected chi connectivity index (χ2v) is 8.52. The molecule has 0 bridgehead atoms. The molecule has 0 aliphatic heterocycles. The number of hydrogen-bond donors (Lipinski definition) is 0. The molecule has 0 aromatic rings. The minimum Gasteiger partial charge on any atom is -0.299 e. The third kappa shape index (κ3) is 3.09. The molecule has 0 saturated heterocycles. The first-order valence-electron chi connectivity index (χ1n) is 5.43. The maximum atomic E-state index is 12.0. The second-order valence-electron chi connectivity index (χ2n) is 5.93. The molecule has 0 spiro atoms. The van der Waals surface area contributed by atoms with Crippen molar-refractivity contribution in [1.82, 2.24) is 0 Å². The Morgan fingerprint density at radius 3 is 2.18 bits per heavy atom. The standard InChI is InChI=1S/C11H19BrO4S/c1-10(2)6-7(13)11(3,4)8(12)9(10)16-17(5,14)15/h8-9H,6H2,1-5H3/t8-,9-/m0/s1. The molecule has 0 N–H and O–H groups in total. The van der Waals surface area contributed by atoms with E-state index in [1.165, 1.54) is 0 Å². The van der Waals surface area contributed by atoms with Crippen LogP contribution in [0.2, 0.25) is 0 Å². The molecule has 0 unspecified atom stereocenters. The van der Waals surface area contributed by atoms with E-state index in [1.54, 1.807) is 0 Å². The Hall–Kier alpha value is 0.0600. The number of Topliss-reactive ketones (excluding diaryl/α,β-unsaturated/α-hetero) is 1. The molecular formula is C11H19BrO4S. The fourth-order valence-corrected chi connectivity index (χ4v) is 4.01. The van der Waals surface area contributed by atoms with Gasteiger partial charge in [-0.15, -0.1) is 0 Å². The van der Waals surface area contributed by atoms with Crippen LogP contribution in [-0.4, -0.2) is 31.4 Å². The summed E-state index contributed by atoms with van der Waals surface area (Å²) in [6.07, 6.45) is 0.819. The van der Waals surface area contributed by atoms with Crippen molar-refractivity contribution in [3.05, 3.63) is 0 Å². The number of rotatable bonds is 2. The topological polar surface area (TPSA) is 60.4 Å². The predicted octanol–water partition coefficient (Wildman–Crippen LogP) is 2.12. The Balaban J connectivity index is 3.13. The molecule has 1 aliphatic carbocycles. The summed E-state index contributed by atoms with van der Waals surface area (Å²) in [5.41, 5.74) is -1.12. The van der Waals surface area contributed by atoms with Crippen LogP contribution in [0.5, 0.6) is 0 Å². The SMILES string of the molecule is CC1(C)CC(=O)C(C)(C)[C@@H](Br)[C@@H]1OS(C)(=O)=O. The average molecular weight is 327 g/mol. The van der Waals surface area contributed by atoms with Crippen LogP contribution in [0, 0.1) is 10.8 Å². The van der Waals surface area contributed by atoms with E-state index in [9.17, 15) is 13.2 Å². The third-order valence-electron chi connectivity index (χ3n) is 3.34.